The summed E-state index contributed by atoms with van der Waals surface area (Å²) in [5, 5.41) is 10.0. The highest BCUT2D eigenvalue weighted by atomic mass is 32.2. The first-order valence-corrected chi connectivity index (χ1v) is 8.16. The number of aromatic amines is 1. The van der Waals surface area contributed by atoms with Crippen molar-refractivity contribution in [2.24, 2.45) is 0 Å². The number of H-pyrrole nitrogens is 1. The van der Waals surface area contributed by atoms with Gasteiger partial charge in [-0.15, -0.1) is 0 Å². The number of aromatic nitrogens is 2. The fourth-order valence-corrected chi connectivity index (χ4v) is 4.79. The minimum absolute atomic E-state index is 0.0879. The standard InChI is InChI=1S/C12H22N4O2S/c1-4-16(11-5-7-13-8-6-11)19(17,18)12-9(2)14-15-10(12)3/h11,13H,4-8H2,1-3H3,(H,14,15). The second-order valence-corrected chi connectivity index (χ2v) is 6.78. The highest BCUT2D eigenvalue weighted by Crippen LogP contribution is 2.25. The highest BCUT2D eigenvalue weighted by Gasteiger charge is 2.34. The molecule has 19 heavy (non-hydrogen) atoms. The van der Waals surface area contributed by atoms with Gasteiger partial charge in [0.1, 0.15) is 4.90 Å². The van der Waals surface area contributed by atoms with Crippen LogP contribution < -0.4 is 5.32 Å². The Balaban J connectivity index is 2.36. The Morgan fingerprint density at radius 1 is 1.32 bits per heavy atom. The molecule has 108 valence electrons. The number of hydrogen-bond acceptors (Lipinski definition) is 4. The van der Waals surface area contributed by atoms with Gasteiger partial charge in [0.25, 0.3) is 0 Å². The van der Waals surface area contributed by atoms with Gasteiger partial charge < -0.3 is 5.32 Å². The lowest BCUT2D eigenvalue weighted by molar-refractivity contribution is 0.270. The van der Waals surface area contributed by atoms with E-state index in [2.05, 4.69) is 15.5 Å². The number of piperidine rings is 1. The predicted molar refractivity (Wildman–Crippen MR) is 73.5 cm³/mol. The van der Waals surface area contributed by atoms with E-state index in [9.17, 15) is 8.42 Å². The van der Waals surface area contributed by atoms with Crippen LogP contribution in [0.15, 0.2) is 4.90 Å². The summed E-state index contributed by atoms with van der Waals surface area (Å²) in [7, 11) is -3.46. The SMILES string of the molecule is CCN(C1CCNCC1)S(=O)(=O)c1c(C)n[nH]c1C. The van der Waals surface area contributed by atoms with Crippen molar-refractivity contribution in [1.29, 1.82) is 0 Å². The molecule has 1 aromatic heterocycles. The molecule has 7 heteroatoms. The van der Waals surface area contributed by atoms with E-state index in [0.29, 0.717) is 22.8 Å². The molecule has 0 amide bonds. The lowest BCUT2D eigenvalue weighted by Crippen LogP contribution is -2.46. The topological polar surface area (TPSA) is 78.1 Å². The van der Waals surface area contributed by atoms with E-state index in [1.807, 2.05) is 6.92 Å². The Kier molecular flexibility index (Phi) is 4.27. The summed E-state index contributed by atoms with van der Waals surface area (Å²) in [4.78, 5) is 0.341. The van der Waals surface area contributed by atoms with E-state index in [1.54, 1.807) is 18.2 Å². The fraction of sp³-hybridized carbons (Fsp3) is 0.750. The maximum absolute atomic E-state index is 12.8. The molecule has 0 radical (unpaired) electrons. The van der Waals surface area contributed by atoms with Gasteiger partial charge in [-0.2, -0.15) is 9.40 Å². The van der Waals surface area contributed by atoms with Gasteiger partial charge in [-0.1, -0.05) is 6.92 Å². The molecule has 1 aliphatic rings. The van der Waals surface area contributed by atoms with Gasteiger partial charge in [0, 0.05) is 12.6 Å². The van der Waals surface area contributed by atoms with Crippen molar-refractivity contribution in [2.45, 2.75) is 44.6 Å². The van der Waals surface area contributed by atoms with Crippen LogP contribution in [-0.2, 0) is 10.0 Å². The van der Waals surface area contributed by atoms with Crippen molar-refractivity contribution >= 4 is 10.0 Å². The summed E-state index contributed by atoms with van der Waals surface area (Å²) in [6.07, 6.45) is 1.73. The smallest absolute Gasteiger partial charge is 0.246 e. The second kappa shape index (κ2) is 5.60. The van der Waals surface area contributed by atoms with Crippen LogP contribution in [0.4, 0.5) is 0 Å². The number of sulfonamides is 1. The molecule has 2 heterocycles. The van der Waals surface area contributed by atoms with Gasteiger partial charge in [0.15, 0.2) is 0 Å². The summed E-state index contributed by atoms with van der Waals surface area (Å²) in [6, 6.07) is 0.0879. The van der Waals surface area contributed by atoms with Crippen molar-refractivity contribution < 1.29 is 8.42 Å². The quantitative estimate of drug-likeness (QED) is 0.858. The average Bonchev–Trinajstić information content (AvgIpc) is 2.71. The molecule has 0 atom stereocenters. The summed E-state index contributed by atoms with van der Waals surface area (Å²) in [5.41, 5.74) is 1.16. The van der Waals surface area contributed by atoms with E-state index in [4.69, 9.17) is 0 Å². The molecule has 1 aliphatic heterocycles. The average molecular weight is 286 g/mol. The van der Waals surface area contributed by atoms with Crippen LogP contribution in [0.3, 0.4) is 0 Å². The van der Waals surface area contributed by atoms with Crippen LogP contribution in [0.5, 0.6) is 0 Å². The van der Waals surface area contributed by atoms with E-state index in [-0.39, 0.29) is 6.04 Å². The van der Waals surface area contributed by atoms with Crippen LogP contribution in [0.1, 0.15) is 31.2 Å². The van der Waals surface area contributed by atoms with E-state index in [1.165, 1.54) is 0 Å². The zero-order valence-corrected chi connectivity index (χ0v) is 12.5. The lowest BCUT2D eigenvalue weighted by Gasteiger charge is -2.32. The highest BCUT2D eigenvalue weighted by molar-refractivity contribution is 7.89. The Morgan fingerprint density at radius 3 is 2.42 bits per heavy atom. The molecule has 0 spiro atoms. The summed E-state index contributed by atoms with van der Waals surface area (Å²) in [5.74, 6) is 0. The summed E-state index contributed by atoms with van der Waals surface area (Å²) >= 11 is 0. The van der Waals surface area contributed by atoms with E-state index in [0.717, 1.165) is 25.9 Å². The van der Waals surface area contributed by atoms with Crippen molar-refractivity contribution in [3.8, 4) is 0 Å². The number of rotatable bonds is 4. The molecular formula is C12H22N4O2S. The van der Waals surface area contributed by atoms with Gasteiger partial charge in [-0.3, -0.25) is 5.10 Å². The van der Waals surface area contributed by atoms with Crippen LogP contribution >= 0.6 is 0 Å². The molecular weight excluding hydrogens is 264 g/mol. The Morgan fingerprint density at radius 2 is 1.95 bits per heavy atom. The molecule has 0 aliphatic carbocycles. The number of nitrogens with zero attached hydrogens (tertiary/aromatic N) is 2. The first kappa shape index (κ1) is 14.5. The first-order valence-electron chi connectivity index (χ1n) is 6.72. The van der Waals surface area contributed by atoms with E-state index >= 15 is 0 Å². The zero-order valence-electron chi connectivity index (χ0n) is 11.7. The third-order valence-electron chi connectivity index (χ3n) is 3.65. The summed E-state index contributed by atoms with van der Waals surface area (Å²) < 4.78 is 27.2. The predicted octanol–water partition coefficient (Wildman–Crippen LogP) is 0.789. The molecule has 0 saturated carbocycles. The summed E-state index contributed by atoms with van der Waals surface area (Å²) in [6.45, 7) is 7.62. The minimum Gasteiger partial charge on any atom is -0.317 e. The van der Waals surface area contributed by atoms with Crippen molar-refractivity contribution in [3.63, 3.8) is 0 Å². The van der Waals surface area contributed by atoms with E-state index < -0.39 is 10.0 Å². The molecule has 1 saturated heterocycles. The molecule has 0 aromatic carbocycles. The maximum atomic E-state index is 12.8. The van der Waals surface area contributed by atoms with Gasteiger partial charge in [0.05, 0.1) is 11.4 Å². The zero-order chi connectivity index (χ0) is 14.0. The first-order chi connectivity index (χ1) is 8.98. The van der Waals surface area contributed by atoms with Gasteiger partial charge in [-0.05, 0) is 39.8 Å². The second-order valence-electron chi connectivity index (χ2n) is 4.95. The largest absolute Gasteiger partial charge is 0.317 e. The van der Waals surface area contributed by atoms with Crippen LogP contribution in [-0.4, -0.2) is 48.6 Å². The minimum atomic E-state index is -3.46. The number of nitrogens with one attached hydrogen (secondary N) is 2. The van der Waals surface area contributed by atoms with Crippen LogP contribution in [0.25, 0.3) is 0 Å². The Labute approximate surface area is 114 Å². The third-order valence-corrected chi connectivity index (χ3v) is 5.95. The molecule has 1 aromatic rings. The molecule has 0 bridgehead atoms. The molecule has 6 nitrogen and oxygen atoms in total. The molecule has 2 N–H and O–H groups in total. The number of aryl methyl sites for hydroxylation is 2. The lowest BCUT2D eigenvalue weighted by atomic mass is 10.1. The molecule has 0 unspecified atom stereocenters. The van der Waals surface area contributed by atoms with Crippen molar-refractivity contribution in [2.75, 3.05) is 19.6 Å². The van der Waals surface area contributed by atoms with Gasteiger partial charge in [0.2, 0.25) is 10.0 Å². The Bertz CT molecular complexity index is 512. The number of hydrogen-bond donors (Lipinski definition) is 2. The molecule has 2 rings (SSSR count). The third kappa shape index (κ3) is 2.68. The van der Waals surface area contributed by atoms with Crippen LogP contribution in [0, 0.1) is 13.8 Å². The Hall–Kier alpha value is -0.920. The molecule has 1 fully saturated rings. The van der Waals surface area contributed by atoms with Crippen molar-refractivity contribution in [3.05, 3.63) is 11.4 Å². The van der Waals surface area contributed by atoms with Crippen LogP contribution in [0.2, 0.25) is 0 Å². The van der Waals surface area contributed by atoms with Crippen molar-refractivity contribution in [1.82, 2.24) is 19.8 Å². The van der Waals surface area contributed by atoms with Gasteiger partial charge in [-0.25, -0.2) is 8.42 Å². The maximum Gasteiger partial charge on any atom is 0.246 e. The fourth-order valence-electron chi connectivity index (χ4n) is 2.76. The normalized spacial score (nSPS) is 18.1. The monoisotopic (exact) mass is 286 g/mol. The van der Waals surface area contributed by atoms with Gasteiger partial charge >= 0.3 is 0 Å².